The largest absolute Gasteiger partial charge is 0.497 e. The fraction of sp³-hybridized carbons (Fsp3) is 0.412. The van der Waals surface area contributed by atoms with Gasteiger partial charge in [0, 0.05) is 24.4 Å². The van der Waals surface area contributed by atoms with Crippen molar-refractivity contribution in [3.05, 3.63) is 35.0 Å². The van der Waals surface area contributed by atoms with Crippen LogP contribution in [0.3, 0.4) is 0 Å². The van der Waals surface area contributed by atoms with Gasteiger partial charge >= 0.3 is 5.97 Å². The van der Waals surface area contributed by atoms with Gasteiger partial charge in [0.1, 0.15) is 24.1 Å². The van der Waals surface area contributed by atoms with Gasteiger partial charge in [-0.05, 0) is 29.5 Å². The molecule has 1 aromatic heterocycles. The minimum atomic E-state index is -0.618. The van der Waals surface area contributed by atoms with Crippen molar-refractivity contribution in [3.63, 3.8) is 0 Å². The molecular formula is C17H21N5O5. The Morgan fingerprint density at radius 2 is 2.04 bits per heavy atom. The first-order valence-electron chi connectivity index (χ1n) is 8.24. The Kier molecular flexibility index (Phi) is 5.55. The van der Waals surface area contributed by atoms with Crippen LogP contribution in [0.25, 0.3) is 0 Å². The van der Waals surface area contributed by atoms with Crippen molar-refractivity contribution in [3.8, 4) is 11.5 Å². The van der Waals surface area contributed by atoms with Crippen LogP contribution in [0.4, 0.5) is 5.95 Å². The number of aromatic nitrogens is 4. The molecule has 2 aromatic rings. The third-order valence-electron chi connectivity index (χ3n) is 4.19. The van der Waals surface area contributed by atoms with E-state index in [1.54, 1.807) is 40.4 Å². The summed E-state index contributed by atoms with van der Waals surface area (Å²) in [6.45, 7) is 2.22. The van der Waals surface area contributed by atoms with E-state index in [0.717, 1.165) is 0 Å². The smallest absolute Gasteiger partial charge is 0.338 e. The van der Waals surface area contributed by atoms with E-state index < -0.39 is 12.0 Å². The van der Waals surface area contributed by atoms with Crippen molar-refractivity contribution >= 4 is 11.9 Å². The quantitative estimate of drug-likeness (QED) is 0.563. The van der Waals surface area contributed by atoms with Crippen LogP contribution in [0, 0.1) is 0 Å². The molecule has 1 aliphatic rings. The molecule has 0 aliphatic carbocycles. The molecule has 0 amide bonds. The second-order valence-corrected chi connectivity index (χ2v) is 5.75. The van der Waals surface area contributed by atoms with Crippen molar-refractivity contribution in [1.29, 1.82) is 0 Å². The van der Waals surface area contributed by atoms with Crippen LogP contribution in [0.15, 0.2) is 29.5 Å². The molecule has 1 N–H and O–H groups in total. The molecule has 27 heavy (non-hydrogen) atoms. The lowest BCUT2D eigenvalue weighted by molar-refractivity contribution is -0.140. The summed E-state index contributed by atoms with van der Waals surface area (Å²) in [6.07, 6.45) is 0. The molecule has 144 valence electrons. The molecule has 0 radical (unpaired) electrons. The lowest BCUT2D eigenvalue weighted by Crippen LogP contribution is -2.30. The number of ether oxygens (including phenoxy) is 4. The standard InChI is InChI=1S/C17H21N5O5/c1-10-14(16(23)27-8-7-24-2)15(22-17(18-10)19-20-21-22)12-6-5-11(25-3)9-13(12)26-4/h5-6,9,15H,7-8H2,1-4H3,(H,18,19,21)/t15-/m1/s1. The Bertz CT molecular complexity index is 863. The average molecular weight is 375 g/mol. The van der Waals surface area contributed by atoms with Gasteiger partial charge in [0.25, 0.3) is 0 Å². The van der Waals surface area contributed by atoms with E-state index in [9.17, 15) is 4.79 Å². The number of carbonyl (C=O) groups is 1. The molecule has 0 spiro atoms. The highest BCUT2D eigenvalue weighted by atomic mass is 16.6. The molecule has 1 aromatic carbocycles. The van der Waals surface area contributed by atoms with Crippen LogP contribution in [0.2, 0.25) is 0 Å². The number of methoxy groups -OCH3 is 3. The average Bonchev–Trinajstić information content (AvgIpc) is 3.14. The van der Waals surface area contributed by atoms with Crippen LogP contribution in [0.1, 0.15) is 18.5 Å². The Labute approximate surface area is 156 Å². The summed E-state index contributed by atoms with van der Waals surface area (Å²) in [7, 11) is 4.66. The molecule has 3 rings (SSSR count). The van der Waals surface area contributed by atoms with Crippen molar-refractivity contribution in [2.24, 2.45) is 0 Å². The number of carbonyl (C=O) groups excluding carboxylic acids is 1. The highest BCUT2D eigenvalue weighted by Gasteiger charge is 2.36. The van der Waals surface area contributed by atoms with Crippen molar-refractivity contribution in [1.82, 2.24) is 20.2 Å². The number of rotatable bonds is 7. The highest BCUT2D eigenvalue weighted by molar-refractivity contribution is 5.92. The van der Waals surface area contributed by atoms with Gasteiger partial charge in [-0.2, -0.15) is 4.68 Å². The molecule has 0 bridgehead atoms. The molecule has 10 heteroatoms. The fourth-order valence-electron chi connectivity index (χ4n) is 2.90. The zero-order valence-corrected chi connectivity index (χ0v) is 15.6. The predicted octanol–water partition coefficient (Wildman–Crippen LogP) is 1.17. The van der Waals surface area contributed by atoms with Crippen LogP contribution < -0.4 is 14.8 Å². The molecule has 2 heterocycles. The first-order valence-corrected chi connectivity index (χ1v) is 8.24. The minimum Gasteiger partial charge on any atom is -0.497 e. The van der Waals surface area contributed by atoms with Crippen LogP contribution in [-0.2, 0) is 14.3 Å². The Morgan fingerprint density at radius 1 is 1.22 bits per heavy atom. The predicted molar refractivity (Wildman–Crippen MR) is 94.7 cm³/mol. The summed E-state index contributed by atoms with van der Waals surface area (Å²) in [6, 6.07) is 4.72. The summed E-state index contributed by atoms with van der Waals surface area (Å²) in [4.78, 5) is 12.8. The number of hydrogen-bond acceptors (Lipinski definition) is 9. The number of hydrogen-bond donors (Lipinski definition) is 1. The lowest BCUT2D eigenvalue weighted by Gasteiger charge is -2.28. The number of nitrogens with zero attached hydrogens (tertiary/aromatic N) is 4. The second kappa shape index (κ2) is 8.04. The summed E-state index contributed by atoms with van der Waals surface area (Å²) < 4.78 is 22.6. The molecular weight excluding hydrogens is 354 g/mol. The second-order valence-electron chi connectivity index (χ2n) is 5.75. The van der Waals surface area contributed by atoms with Crippen LogP contribution in [-0.4, -0.2) is 60.7 Å². The third kappa shape index (κ3) is 3.56. The first-order chi connectivity index (χ1) is 13.1. The molecule has 0 saturated heterocycles. The van der Waals surface area contributed by atoms with E-state index in [4.69, 9.17) is 18.9 Å². The van der Waals surface area contributed by atoms with E-state index in [1.807, 2.05) is 6.07 Å². The molecule has 1 aliphatic heterocycles. The lowest BCUT2D eigenvalue weighted by atomic mass is 9.95. The zero-order chi connectivity index (χ0) is 19.4. The van der Waals surface area contributed by atoms with Gasteiger partial charge < -0.3 is 24.3 Å². The maximum Gasteiger partial charge on any atom is 0.338 e. The summed E-state index contributed by atoms with van der Waals surface area (Å²) in [5.74, 6) is 1.11. The Balaban J connectivity index is 2.08. The van der Waals surface area contributed by atoms with Gasteiger partial charge in [0.15, 0.2) is 0 Å². The van der Waals surface area contributed by atoms with Gasteiger partial charge in [-0.1, -0.05) is 5.10 Å². The van der Waals surface area contributed by atoms with E-state index in [0.29, 0.717) is 40.9 Å². The SMILES string of the molecule is COCCOC(=O)C1=C(C)Nc2nnnn2[C@@H]1c1ccc(OC)cc1OC. The molecule has 10 nitrogen and oxygen atoms in total. The summed E-state index contributed by atoms with van der Waals surface area (Å²) in [5, 5.41) is 14.7. The van der Waals surface area contributed by atoms with Crippen LogP contribution in [0.5, 0.6) is 11.5 Å². The van der Waals surface area contributed by atoms with E-state index >= 15 is 0 Å². The number of benzene rings is 1. The molecule has 0 fully saturated rings. The van der Waals surface area contributed by atoms with Gasteiger partial charge in [0.2, 0.25) is 5.95 Å². The van der Waals surface area contributed by atoms with E-state index in [-0.39, 0.29) is 6.61 Å². The molecule has 0 unspecified atom stereocenters. The number of allylic oxidation sites excluding steroid dienone is 1. The van der Waals surface area contributed by atoms with Gasteiger partial charge in [-0.25, -0.2) is 4.79 Å². The van der Waals surface area contributed by atoms with Crippen molar-refractivity contribution < 1.29 is 23.7 Å². The van der Waals surface area contributed by atoms with Crippen LogP contribution >= 0.6 is 0 Å². The van der Waals surface area contributed by atoms with Gasteiger partial charge in [0.05, 0.1) is 26.4 Å². The highest BCUT2D eigenvalue weighted by Crippen LogP contribution is 2.40. The molecule has 1 atom stereocenters. The Morgan fingerprint density at radius 3 is 2.74 bits per heavy atom. The van der Waals surface area contributed by atoms with Gasteiger partial charge in [-0.15, -0.1) is 0 Å². The number of tetrazole rings is 1. The molecule has 0 saturated carbocycles. The number of nitrogens with one attached hydrogen (secondary N) is 1. The third-order valence-corrected chi connectivity index (χ3v) is 4.19. The first kappa shape index (κ1) is 18.6. The number of fused-ring (bicyclic) bond motifs is 1. The van der Waals surface area contributed by atoms with Crippen molar-refractivity contribution in [2.45, 2.75) is 13.0 Å². The fourth-order valence-corrected chi connectivity index (χ4v) is 2.90. The summed E-state index contributed by atoms with van der Waals surface area (Å²) >= 11 is 0. The minimum absolute atomic E-state index is 0.140. The van der Waals surface area contributed by atoms with E-state index in [1.165, 1.54) is 4.68 Å². The zero-order valence-electron chi connectivity index (χ0n) is 15.6. The number of anilines is 1. The summed E-state index contributed by atoms with van der Waals surface area (Å²) in [5.41, 5.74) is 1.68. The maximum atomic E-state index is 12.8. The Hall–Kier alpha value is -3.14. The number of esters is 1. The topological polar surface area (TPSA) is 110 Å². The maximum absolute atomic E-state index is 12.8. The van der Waals surface area contributed by atoms with E-state index in [2.05, 4.69) is 20.8 Å². The van der Waals surface area contributed by atoms with Crippen molar-refractivity contribution in [2.75, 3.05) is 39.9 Å². The normalized spacial score (nSPS) is 15.8. The van der Waals surface area contributed by atoms with Gasteiger partial charge in [-0.3, -0.25) is 0 Å². The monoisotopic (exact) mass is 375 g/mol.